The van der Waals surface area contributed by atoms with Gasteiger partial charge in [-0.25, -0.2) is 0 Å². The van der Waals surface area contributed by atoms with Gasteiger partial charge in [-0.3, -0.25) is 0 Å². The lowest BCUT2D eigenvalue weighted by molar-refractivity contribution is -0.133. The van der Waals surface area contributed by atoms with Crippen molar-refractivity contribution in [2.75, 3.05) is 0 Å². The van der Waals surface area contributed by atoms with Gasteiger partial charge in [0.2, 0.25) is 0 Å². The number of benzene rings is 1. The van der Waals surface area contributed by atoms with Crippen molar-refractivity contribution >= 4 is 8.60 Å². The molecule has 7 heteroatoms. The van der Waals surface area contributed by atoms with Gasteiger partial charge in [0, 0.05) is 5.41 Å². The van der Waals surface area contributed by atoms with E-state index < -0.39 is 14.9 Å². The van der Waals surface area contributed by atoms with Crippen molar-refractivity contribution in [3.63, 3.8) is 0 Å². The van der Waals surface area contributed by atoms with E-state index in [0.29, 0.717) is 5.75 Å². The Hall–Kier alpha value is -0.750. The SMILES string of the molecule is CC(C)(C)c1cc(C(C)(C)C)c(O)c(C(C)(C)C)c1.CCCCC(C)(CC)C(O)O.OP(O)O. The van der Waals surface area contributed by atoms with Crippen LogP contribution in [0, 0.1) is 5.41 Å². The number of aromatic hydroxyl groups is 1. The summed E-state index contributed by atoms with van der Waals surface area (Å²) in [4.78, 5) is 21.7. The van der Waals surface area contributed by atoms with Crippen LogP contribution in [0.1, 0.15) is 125 Å². The second-order valence-electron chi connectivity index (χ2n) is 12.4. The standard InChI is InChI=1S/C18H30O.C9H20O2.H3O3P/c1-16(2,3)12-10-13(17(4,5)6)15(19)14(11-12)18(7,8)9;1-4-6-7-9(3,5-2)8(10)11;1-4(2)3/h10-11,19H,1-9H3;8,10-11H,4-7H2,1-3H3;1-3H. The third-order valence-electron chi connectivity index (χ3n) is 6.12. The number of phenolic OH excluding ortho intramolecular Hbond substituents is 1. The molecule has 0 aliphatic rings. The molecule has 0 radical (unpaired) electrons. The molecule has 1 aromatic carbocycles. The van der Waals surface area contributed by atoms with Gasteiger partial charge in [-0.2, -0.15) is 0 Å². The van der Waals surface area contributed by atoms with Gasteiger partial charge in [-0.1, -0.05) is 108 Å². The quantitative estimate of drug-likeness (QED) is 0.204. The summed E-state index contributed by atoms with van der Waals surface area (Å²) < 4.78 is 0. The molecule has 0 saturated carbocycles. The smallest absolute Gasteiger partial charge is 0.324 e. The second kappa shape index (κ2) is 14.1. The molecule has 34 heavy (non-hydrogen) atoms. The number of aliphatic hydroxyl groups excluding tert-OH is 1. The fourth-order valence-corrected chi connectivity index (χ4v) is 3.28. The van der Waals surface area contributed by atoms with Gasteiger partial charge in [-0.05, 0) is 45.8 Å². The first-order valence-electron chi connectivity index (χ1n) is 12.2. The van der Waals surface area contributed by atoms with Crippen LogP contribution in [0.15, 0.2) is 12.1 Å². The van der Waals surface area contributed by atoms with Gasteiger partial charge in [0.1, 0.15) is 5.75 Å². The minimum absolute atomic E-state index is 0.0503. The molecule has 1 unspecified atom stereocenters. The van der Waals surface area contributed by atoms with Gasteiger partial charge in [0.15, 0.2) is 6.29 Å². The average molecular weight is 505 g/mol. The van der Waals surface area contributed by atoms with Gasteiger partial charge < -0.3 is 30.0 Å². The van der Waals surface area contributed by atoms with Crippen LogP contribution in [0.5, 0.6) is 5.75 Å². The Kier molecular flexibility index (Phi) is 14.7. The Morgan fingerprint density at radius 3 is 1.29 bits per heavy atom. The highest BCUT2D eigenvalue weighted by Crippen LogP contribution is 2.42. The average Bonchev–Trinajstić information content (AvgIpc) is 2.63. The van der Waals surface area contributed by atoms with Gasteiger partial charge in [0.25, 0.3) is 0 Å². The van der Waals surface area contributed by atoms with E-state index in [4.69, 9.17) is 24.9 Å². The van der Waals surface area contributed by atoms with Crippen LogP contribution in [-0.2, 0) is 16.2 Å². The molecule has 1 aromatic rings. The predicted molar refractivity (Wildman–Crippen MR) is 144 cm³/mol. The highest BCUT2D eigenvalue weighted by Gasteiger charge is 2.29. The van der Waals surface area contributed by atoms with Crippen molar-refractivity contribution < 1.29 is 30.0 Å². The Bertz CT molecular complexity index is 674. The maximum Gasteiger partial charge on any atom is 0.324 e. The zero-order valence-electron chi connectivity index (χ0n) is 23.7. The van der Waals surface area contributed by atoms with Crippen LogP contribution in [0.4, 0.5) is 0 Å². The topological polar surface area (TPSA) is 121 Å². The number of phenols is 1. The van der Waals surface area contributed by atoms with Crippen molar-refractivity contribution in [1.82, 2.24) is 0 Å². The number of aliphatic hydroxyl groups is 2. The molecule has 1 atom stereocenters. The van der Waals surface area contributed by atoms with E-state index in [1.54, 1.807) is 0 Å². The molecular formula is C27H53O6P. The first-order valence-corrected chi connectivity index (χ1v) is 13.4. The lowest BCUT2D eigenvalue weighted by atomic mass is 9.75. The minimum Gasteiger partial charge on any atom is -0.507 e. The van der Waals surface area contributed by atoms with E-state index in [2.05, 4.69) is 81.4 Å². The normalized spacial score (nSPS) is 14.2. The van der Waals surface area contributed by atoms with E-state index in [-0.39, 0.29) is 21.7 Å². The van der Waals surface area contributed by atoms with Crippen LogP contribution >= 0.6 is 8.60 Å². The molecular weight excluding hydrogens is 451 g/mol. The van der Waals surface area contributed by atoms with Crippen molar-refractivity contribution in [2.24, 2.45) is 5.41 Å². The van der Waals surface area contributed by atoms with E-state index in [9.17, 15) is 5.11 Å². The number of hydrogen-bond donors (Lipinski definition) is 6. The van der Waals surface area contributed by atoms with E-state index in [0.717, 1.165) is 36.8 Å². The second-order valence-corrected chi connectivity index (χ2v) is 13.0. The molecule has 0 heterocycles. The molecule has 0 aliphatic heterocycles. The Morgan fingerprint density at radius 2 is 1.09 bits per heavy atom. The predicted octanol–water partition coefficient (Wildman–Crippen LogP) is 6.38. The third-order valence-corrected chi connectivity index (χ3v) is 6.12. The molecule has 0 aromatic heterocycles. The Labute approximate surface area is 210 Å². The van der Waals surface area contributed by atoms with Crippen molar-refractivity contribution in [3.8, 4) is 5.75 Å². The molecule has 0 saturated heterocycles. The summed E-state index contributed by atoms with van der Waals surface area (Å²) in [5.41, 5.74) is 3.08. The lowest BCUT2D eigenvalue weighted by Gasteiger charge is -2.31. The summed E-state index contributed by atoms with van der Waals surface area (Å²) >= 11 is 0. The van der Waals surface area contributed by atoms with Crippen LogP contribution in [0.3, 0.4) is 0 Å². The van der Waals surface area contributed by atoms with E-state index >= 15 is 0 Å². The van der Waals surface area contributed by atoms with Crippen molar-refractivity contribution in [2.45, 2.75) is 131 Å². The first-order chi connectivity index (χ1) is 15.0. The monoisotopic (exact) mass is 504 g/mol. The van der Waals surface area contributed by atoms with Gasteiger partial charge in [-0.15, -0.1) is 0 Å². The zero-order valence-corrected chi connectivity index (χ0v) is 24.6. The molecule has 0 aliphatic carbocycles. The van der Waals surface area contributed by atoms with Crippen LogP contribution in [0.25, 0.3) is 0 Å². The minimum atomic E-state index is -2.62. The Balaban J connectivity index is 0. The van der Waals surface area contributed by atoms with Crippen molar-refractivity contribution in [1.29, 1.82) is 0 Å². The van der Waals surface area contributed by atoms with Gasteiger partial charge in [0.05, 0.1) is 0 Å². The number of unbranched alkanes of at least 4 members (excludes halogenated alkanes) is 1. The third kappa shape index (κ3) is 12.8. The molecule has 1 rings (SSSR count). The van der Waals surface area contributed by atoms with Gasteiger partial charge >= 0.3 is 8.60 Å². The maximum atomic E-state index is 10.7. The zero-order chi connectivity index (χ0) is 27.7. The fraction of sp³-hybridized carbons (Fsp3) is 0.778. The van der Waals surface area contributed by atoms with Crippen molar-refractivity contribution in [3.05, 3.63) is 28.8 Å². The molecule has 0 amide bonds. The lowest BCUT2D eigenvalue weighted by Crippen LogP contribution is -2.31. The highest BCUT2D eigenvalue weighted by molar-refractivity contribution is 7.38. The van der Waals surface area contributed by atoms with Crippen LogP contribution in [-0.4, -0.2) is 36.3 Å². The summed E-state index contributed by atoms with van der Waals surface area (Å²) in [5.74, 6) is 0.466. The number of rotatable bonds is 5. The van der Waals surface area contributed by atoms with E-state index in [1.807, 2.05) is 13.8 Å². The van der Waals surface area contributed by atoms with Crippen LogP contribution in [0.2, 0.25) is 0 Å². The Morgan fingerprint density at radius 1 is 0.735 bits per heavy atom. The molecule has 0 spiro atoms. The summed E-state index contributed by atoms with van der Waals surface area (Å²) in [6.07, 6.45) is 2.74. The summed E-state index contributed by atoms with van der Waals surface area (Å²) in [5, 5.41) is 28.8. The van der Waals surface area contributed by atoms with E-state index in [1.165, 1.54) is 5.56 Å². The summed E-state index contributed by atoms with van der Waals surface area (Å²) in [6.45, 7) is 25.6. The fourth-order valence-electron chi connectivity index (χ4n) is 3.28. The maximum absolute atomic E-state index is 10.7. The van der Waals surface area contributed by atoms with Crippen LogP contribution < -0.4 is 0 Å². The molecule has 0 fully saturated rings. The first kappa shape index (κ1) is 35.4. The molecule has 0 bridgehead atoms. The largest absolute Gasteiger partial charge is 0.507 e. The molecule has 202 valence electrons. The highest BCUT2D eigenvalue weighted by atomic mass is 31.2. The summed E-state index contributed by atoms with van der Waals surface area (Å²) in [7, 11) is -2.62. The summed E-state index contributed by atoms with van der Waals surface area (Å²) in [6, 6.07) is 4.34. The number of hydrogen-bond acceptors (Lipinski definition) is 6. The molecule has 6 N–H and O–H groups in total. The molecule has 6 nitrogen and oxygen atoms in total.